The number of hydrogen-bond acceptors (Lipinski definition) is 4. The average Bonchev–Trinajstić information content (AvgIpc) is 3.05. The molecule has 1 aliphatic carbocycles. The SMILES string of the molecule is CC(NCC(O)COC1CCCC1)c1ccco1. The van der Waals surface area contributed by atoms with Crippen molar-refractivity contribution in [2.45, 2.75) is 50.9 Å². The molecule has 0 spiro atoms. The Hall–Kier alpha value is -0.840. The number of nitrogens with one attached hydrogen (secondary N) is 1. The van der Waals surface area contributed by atoms with E-state index in [0.717, 1.165) is 18.6 Å². The topological polar surface area (TPSA) is 54.6 Å². The van der Waals surface area contributed by atoms with E-state index >= 15 is 0 Å². The van der Waals surface area contributed by atoms with E-state index in [-0.39, 0.29) is 6.04 Å². The predicted octanol–water partition coefficient (Wildman–Crippen LogP) is 2.25. The third-order valence-corrected chi connectivity index (χ3v) is 3.46. The Labute approximate surface area is 108 Å². The van der Waals surface area contributed by atoms with E-state index in [1.807, 2.05) is 19.1 Å². The summed E-state index contributed by atoms with van der Waals surface area (Å²) < 4.78 is 11.0. The Morgan fingerprint density at radius 1 is 1.50 bits per heavy atom. The van der Waals surface area contributed by atoms with Gasteiger partial charge in [0.1, 0.15) is 5.76 Å². The van der Waals surface area contributed by atoms with Crippen LogP contribution in [-0.2, 0) is 4.74 Å². The second-order valence-corrected chi connectivity index (χ2v) is 5.04. The summed E-state index contributed by atoms with van der Waals surface area (Å²) in [6.45, 7) is 2.96. The van der Waals surface area contributed by atoms with Gasteiger partial charge in [-0.05, 0) is 31.9 Å². The summed E-state index contributed by atoms with van der Waals surface area (Å²) >= 11 is 0. The summed E-state index contributed by atoms with van der Waals surface area (Å²) in [4.78, 5) is 0. The van der Waals surface area contributed by atoms with E-state index in [9.17, 15) is 5.11 Å². The third kappa shape index (κ3) is 4.12. The molecule has 102 valence electrons. The number of aliphatic hydroxyl groups is 1. The van der Waals surface area contributed by atoms with Crippen LogP contribution in [-0.4, -0.2) is 30.5 Å². The van der Waals surface area contributed by atoms with Gasteiger partial charge in [0.2, 0.25) is 0 Å². The van der Waals surface area contributed by atoms with E-state index in [1.54, 1.807) is 6.26 Å². The van der Waals surface area contributed by atoms with Crippen molar-refractivity contribution >= 4 is 0 Å². The quantitative estimate of drug-likeness (QED) is 0.782. The Balaban J connectivity index is 1.60. The fourth-order valence-corrected chi connectivity index (χ4v) is 2.31. The highest BCUT2D eigenvalue weighted by molar-refractivity contribution is 5.02. The second-order valence-electron chi connectivity index (χ2n) is 5.04. The first-order valence-corrected chi connectivity index (χ1v) is 6.82. The van der Waals surface area contributed by atoms with Gasteiger partial charge in [-0.25, -0.2) is 0 Å². The first kappa shape index (κ1) is 13.6. The van der Waals surface area contributed by atoms with Gasteiger partial charge in [0.25, 0.3) is 0 Å². The number of ether oxygens (including phenoxy) is 1. The van der Waals surface area contributed by atoms with Crippen LogP contribution in [0.2, 0.25) is 0 Å². The van der Waals surface area contributed by atoms with Crippen LogP contribution in [0.4, 0.5) is 0 Å². The van der Waals surface area contributed by atoms with Crippen LogP contribution in [0.1, 0.15) is 44.4 Å². The zero-order valence-corrected chi connectivity index (χ0v) is 11.0. The molecule has 0 bridgehead atoms. The van der Waals surface area contributed by atoms with Gasteiger partial charge in [0, 0.05) is 6.54 Å². The lowest BCUT2D eigenvalue weighted by molar-refractivity contribution is -0.00627. The molecule has 0 aliphatic heterocycles. The van der Waals surface area contributed by atoms with Crippen LogP contribution in [0.5, 0.6) is 0 Å². The third-order valence-electron chi connectivity index (χ3n) is 3.46. The molecule has 4 heteroatoms. The highest BCUT2D eigenvalue weighted by atomic mass is 16.5. The van der Waals surface area contributed by atoms with E-state index in [2.05, 4.69) is 5.32 Å². The van der Waals surface area contributed by atoms with Crippen molar-refractivity contribution in [3.05, 3.63) is 24.2 Å². The lowest BCUT2D eigenvalue weighted by Gasteiger charge is -2.18. The lowest BCUT2D eigenvalue weighted by Crippen LogP contribution is -2.33. The Morgan fingerprint density at radius 3 is 2.94 bits per heavy atom. The minimum Gasteiger partial charge on any atom is -0.468 e. The largest absolute Gasteiger partial charge is 0.468 e. The minimum absolute atomic E-state index is 0.112. The molecule has 1 aromatic rings. The van der Waals surface area contributed by atoms with E-state index in [4.69, 9.17) is 9.15 Å². The molecule has 2 rings (SSSR count). The van der Waals surface area contributed by atoms with Crippen molar-refractivity contribution in [2.24, 2.45) is 0 Å². The summed E-state index contributed by atoms with van der Waals surface area (Å²) in [5.74, 6) is 0.888. The van der Waals surface area contributed by atoms with Crippen LogP contribution >= 0.6 is 0 Å². The summed E-state index contributed by atoms with van der Waals surface area (Å²) in [6.07, 6.45) is 6.37. The molecule has 1 heterocycles. The molecular weight excluding hydrogens is 230 g/mol. The molecule has 0 radical (unpaired) electrons. The van der Waals surface area contributed by atoms with Gasteiger partial charge in [-0.3, -0.25) is 0 Å². The van der Waals surface area contributed by atoms with Gasteiger partial charge >= 0.3 is 0 Å². The van der Waals surface area contributed by atoms with Crippen molar-refractivity contribution in [2.75, 3.05) is 13.2 Å². The maximum Gasteiger partial charge on any atom is 0.120 e. The molecule has 2 atom stereocenters. The van der Waals surface area contributed by atoms with Crippen molar-refractivity contribution < 1.29 is 14.3 Å². The van der Waals surface area contributed by atoms with Gasteiger partial charge < -0.3 is 19.6 Å². The van der Waals surface area contributed by atoms with Crippen molar-refractivity contribution in [1.82, 2.24) is 5.32 Å². The van der Waals surface area contributed by atoms with E-state index in [1.165, 1.54) is 12.8 Å². The maximum absolute atomic E-state index is 9.84. The lowest BCUT2D eigenvalue weighted by atomic mass is 10.2. The molecule has 0 amide bonds. The minimum atomic E-state index is -0.456. The molecule has 0 aromatic carbocycles. The van der Waals surface area contributed by atoms with Crippen molar-refractivity contribution in [3.63, 3.8) is 0 Å². The fraction of sp³-hybridized carbons (Fsp3) is 0.714. The Kier molecular flexibility index (Phi) is 5.23. The standard InChI is InChI=1S/C14H23NO3/c1-11(14-7-4-8-17-14)15-9-12(16)10-18-13-5-2-3-6-13/h4,7-8,11-13,15-16H,2-3,5-6,9-10H2,1H3. The van der Waals surface area contributed by atoms with Crippen LogP contribution in [0.25, 0.3) is 0 Å². The second kappa shape index (κ2) is 6.92. The Bertz CT molecular complexity index is 320. The maximum atomic E-state index is 9.84. The highest BCUT2D eigenvalue weighted by Gasteiger charge is 2.17. The zero-order valence-electron chi connectivity index (χ0n) is 11.0. The zero-order chi connectivity index (χ0) is 12.8. The van der Waals surface area contributed by atoms with E-state index < -0.39 is 6.10 Å². The van der Waals surface area contributed by atoms with Crippen molar-refractivity contribution in [1.29, 1.82) is 0 Å². The first-order chi connectivity index (χ1) is 8.75. The molecular formula is C14H23NO3. The molecule has 1 aromatic heterocycles. The number of rotatable bonds is 7. The normalized spacial score (nSPS) is 20.1. The molecule has 18 heavy (non-hydrogen) atoms. The van der Waals surface area contributed by atoms with Crippen LogP contribution < -0.4 is 5.32 Å². The smallest absolute Gasteiger partial charge is 0.120 e. The molecule has 1 saturated carbocycles. The number of furan rings is 1. The van der Waals surface area contributed by atoms with E-state index in [0.29, 0.717) is 19.3 Å². The van der Waals surface area contributed by atoms with Gasteiger partial charge in [-0.2, -0.15) is 0 Å². The van der Waals surface area contributed by atoms with Crippen molar-refractivity contribution in [3.8, 4) is 0 Å². The fourth-order valence-electron chi connectivity index (χ4n) is 2.31. The van der Waals surface area contributed by atoms with Crippen LogP contribution in [0.3, 0.4) is 0 Å². The van der Waals surface area contributed by atoms with Crippen LogP contribution in [0.15, 0.2) is 22.8 Å². The highest BCUT2D eigenvalue weighted by Crippen LogP contribution is 2.20. The molecule has 4 nitrogen and oxygen atoms in total. The molecule has 1 fully saturated rings. The molecule has 0 saturated heterocycles. The average molecular weight is 253 g/mol. The summed E-state index contributed by atoms with van der Waals surface area (Å²) in [6, 6.07) is 3.91. The Morgan fingerprint density at radius 2 is 2.28 bits per heavy atom. The van der Waals surface area contributed by atoms with Gasteiger partial charge in [0.15, 0.2) is 0 Å². The summed E-state index contributed by atoms with van der Waals surface area (Å²) in [7, 11) is 0. The number of aliphatic hydroxyl groups excluding tert-OH is 1. The van der Waals surface area contributed by atoms with Crippen LogP contribution in [0, 0.1) is 0 Å². The molecule has 1 aliphatic rings. The summed E-state index contributed by atoms with van der Waals surface area (Å²) in [5.41, 5.74) is 0. The van der Waals surface area contributed by atoms with Gasteiger partial charge in [-0.1, -0.05) is 12.8 Å². The summed E-state index contributed by atoms with van der Waals surface area (Å²) in [5, 5.41) is 13.1. The van der Waals surface area contributed by atoms with Gasteiger partial charge in [0.05, 0.1) is 31.1 Å². The molecule has 2 unspecified atom stereocenters. The molecule has 2 N–H and O–H groups in total. The predicted molar refractivity (Wildman–Crippen MR) is 69.3 cm³/mol. The number of hydrogen-bond donors (Lipinski definition) is 2. The van der Waals surface area contributed by atoms with Gasteiger partial charge in [-0.15, -0.1) is 0 Å². The first-order valence-electron chi connectivity index (χ1n) is 6.82. The monoisotopic (exact) mass is 253 g/mol.